The number of halogens is 3. The molecule has 0 aromatic heterocycles. The Kier molecular flexibility index (Phi) is 4.61. The molecule has 2 aromatic carbocycles. The summed E-state index contributed by atoms with van der Waals surface area (Å²) in [5, 5.41) is 0. The molecule has 1 nitrogen and oxygen atoms in total. The van der Waals surface area contributed by atoms with Crippen molar-refractivity contribution in [2.45, 2.75) is 4.83 Å². The van der Waals surface area contributed by atoms with Crippen molar-refractivity contribution < 1.29 is 9.13 Å². The molecule has 0 bridgehead atoms. The van der Waals surface area contributed by atoms with Gasteiger partial charge in [-0.05, 0) is 51.9 Å². The SMILES string of the molecule is COc1ccc(C(Br)c2ccccc2I)cc1F. The summed E-state index contributed by atoms with van der Waals surface area (Å²) in [5.74, 6) is -0.0772. The molecule has 0 aliphatic carbocycles. The number of hydrogen-bond acceptors (Lipinski definition) is 1. The fourth-order valence-corrected chi connectivity index (χ4v) is 3.51. The van der Waals surface area contributed by atoms with Crippen molar-refractivity contribution in [3.63, 3.8) is 0 Å². The second-order valence-electron chi connectivity index (χ2n) is 3.78. The largest absolute Gasteiger partial charge is 0.494 e. The van der Waals surface area contributed by atoms with Gasteiger partial charge < -0.3 is 4.74 Å². The molecule has 4 heteroatoms. The number of methoxy groups -OCH3 is 1. The van der Waals surface area contributed by atoms with Crippen LogP contribution in [0.25, 0.3) is 0 Å². The van der Waals surface area contributed by atoms with Gasteiger partial charge in [-0.15, -0.1) is 0 Å². The molecule has 0 amide bonds. The highest BCUT2D eigenvalue weighted by molar-refractivity contribution is 14.1. The lowest BCUT2D eigenvalue weighted by Crippen LogP contribution is -1.97. The third-order valence-corrected chi connectivity index (χ3v) is 4.65. The molecule has 2 rings (SSSR count). The molecule has 0 aliphatic heterocycles. The molecule has 18 heavy (non-hydrogen) atoms. The smallest absolute Gasteiger partial charge is 0.165 e. The van der Waals surface area contributed by atoms with Crippen LogP contribution in [-0.2, 0) is 0 Å². The molecule has 0 saturated carbocycles. The minimum absolute atomic E-state index is 0.0222. The summed E-state index contributed by atoms with van der Waals surface area (Å²) in [4.78, 5) is -0.0222. The number of alkyl halides is 1. The van der Waals surface area contributed by atoms with Crippen molar-refractivity contribution in [3.8, 4) is 5.75 Å². The number of ether oxygens (including phenoxy) is 1. The summed E-state index contributed by atoms with van der Waals surface area (Å²) in [6.07, 6.45) is 0. The van der Waals surface area contributed by atoms with Crippen molar-refractivity contribution in [2.75, 3.05) is 7.11 Å². The maximum atomic E-state index is 13.7. The topological polar surface area (TPSA) is 9.23 Å². The highest BCUT2D eigenvalue weighted by Crippen LogP contribution is 2.35. The van der Waals surface area contributed by atoms with Crippen LogP contribution < -0.4 is 4.74 Å². The first-order valence-corrected chi connectivity index (χ1v) is 7.35. The highest BCUT2D eigenvalue weighted by atomic mass is 127. The van der Waals surface area contributed by atoms with Gasteiger partial charge in [-0.2, -0.15) is 0 Å². The van der Waals surface area contributed by atoms with Gasteiger partial charge in [-0.3, -0.25) is 0 Å². The molecule has 0 radical (unpaired) electrons. The fraction of sp³-hybridized carbons (Fsp3) is 0.143. The molecule has 0 fully saturated rings. The summed E-state index contributed by atoms with van der Waals surface area (Å²) in [6.45, 7) is 0. The first-order chi connectivity index (χ1) is 8.63. The quantitative estimate of drug-likeness (QED) is 0.505. The van der Waals surface area contributed by atoms with Gasteiger partial charge in [0.25, 0.3) is 0 Å². The minimum Gasteiger partial charge on any atom is -0.494 e. The van der Waals surface area contributed by atoms with E-state index in [2.05, 4.69) is 38.5 Å². The molecule has 2 aromatic rings. The van der Waals surface area contributed by atoms with Gasteiger partial charge >= 0.3 is 0 Å². The maximum absolute atomic E-state index is 13.7. The zero-order chi connectivity index (χ0) is 13.1. The van der Waals surface area contributed by atoms with Crippen LogP contribution in [0.5, 0.6) is 5.75 Å². The summed E-state index contributed by atoms with van der Waals surface area (Å²) in [6, 6.07) is 13.0. The maximum Gasteiger partial charge on any atom is 0.165 e. The third-order valence-electron chi connectivity index (χ3n) is 2.65. The number of rotatable bonds is 3. The van der Waals surface area contributed by atoms with Crippen molar-refractivity contribution in [1.82, 2.24) is 0 Å². The lowest BCUT2D eigenvalue weighted by molar-refractivity contribution is 0.386. The average molecular weight is 421 g/mol. The Morgan fingerprint density at radius 3 is 2.56 bits per heavy atom. The van der Waals surface area contributed by atoms with Crippen LogP contribution in [0, 0.1) is 9.39 Å². The van der Waals surface area contributed by atoms with E-state index in [-0.39, 0.29) is 16.4 Å². The van der Waals surface area contributed by atoms with Crippen molar-refractivity contribution in [2.24, 2.45) is 0 Å². The van der Waals surface area contributed by atoms with Crippen molar-refractivity contribution in [1.29, 1.82) is 0 Å². The van der Waals surface area contributed by atoms with Crippen LogP contribution in [0.4, 0.5) is 4.39 Å². The second-order valence-corrected chi connectivity index (χ2v) is 5.86. The molecule has 0 N–H and O–H groups in total. The fourth-order valence-electron chi connectivity index (χ4n) is 1.70. The Morgan fingerprint density at radius 1 is 1.22 bits per heavy atom. The van der Waals surface area contributed by atoms with Crippen LogP contribution in [0.3, 0.4) is 0 Å². The van der Waals surface area contributed by atoms with E-state index in [0.717, 1.165) is 14.7 Å². The molecule has 1 unspecified atom stereocenters. The molecule has 1 atom stereocenters. The molecule has 0 aliphatic rings. The van der Waals surface area contributed by atoms with E-state index in [1.165, 1.54) is 13.2 Å². The van der Waals surface area contributed by atoms with Crippen LogP contribution >= 0.6 is 38.5 Å². The predicted octanol–water partition coefficient (Wildman–Crippen LogP) is 4.92. The highest BCUT2D eigenvalue weighted by Gasteiger charge is 2.15. The molecule has 0 spiro atoms. The molecule has 94 valence electrons. The van der Waals surface area contributed by atoms with Gasteiger partial charge in [-0.25, -0.2) is 4.39 Å². The van der Waals surface area contributed by atoms with Crippen LogP contribution in [-0.4, -0.2) is 7.11 Å². The van der Waals surface area contributed by atoms with E-state index < -0.39 is 0 Å². The minimum atomic E-state index is -0.342. The first kappa shape index (κ1) is 13.8. The van der Waals surface area contributed by atoms with Gasteiger partial charge in [0.05, 0.1) is 11.9 Å². The average Bonchev–Trinajstić information content (AvgIpc) is 2.38. The van der Waals surface area contributed by atoms with Gasteiger partial charge in [0, 0.05) is 3.57 Å². The summed E-state index contributed by atoms with van der Waals surface area (Å²) in [7, 11) is 1.46. The standard InChI is InChI=1S/C14H11BrFIO/c1-18-13-7-6-9(8-11(13)16)14(15)10-4-2-3-5-12(10)17/h2-8,14H,1H3. The van der Waals surface area contributed by atoms with Crippen LogP contribution in [0.1, 0.15) is 16.0 Å². The second kappa shape index (κ2) is 6.02. The monoisotopic (exact) mass is 420 g/mol. The van der Waals surface area contributed by atoms with Crippen LogP contribution in [0.15, 0.2) is 42.5 Å². The zero-order valence-corrected chi connectivity index (χ0v) is 13.4. The van der Waals surface area contributed by atoms with Gasteiger partial charge in [0.1, 0.15) is 0 Å². The van der Waals surface area contributed by atoms with E-state index in [1.54, 1.807) is 6.07 Å². The van der Waals surface area contributed by atoms with Gasteiger partial charge in [0.2, 0.25) is 0 Å². The lowest BCUT2D eigenvalue weighted by Gasteiger charge is -2.13. The van der Waals surface area contributed by atoms with Gasteiger partial charge in [-0.1, -0.05) is 40.2 Å². The van der Waals surface area contributed by atoms with Crippen LogP contribution in [0.2, 0.25) is 0 Å². The summed E-state index contributed by atoms with van der Waals surface area (Å²) >= 11 is 5.89. The summed E-state index contributed by atoms with van der Waals surface area (Å²) in [5.41, 5.74) is 2.00. The Labute approximate surface area is 128 Å². The normalized spacial score (nSPS) is 12.2. The molecular formula is C14H11BrFIO. The first-order valence-electron chi connectivity index (χ1n) is 5.35. The molecule has 0 saturated heterocycles. The van der Waals surface area contributed by atoms with E-state index in [1.807, 2.05) is 30.3 Å². The van der Waals surface area contributed by atoms with Crippen molar-refractivity contribution in [3.05, 3.63) is 63.0 Å². The molecular weight excluding hydrogens is 410 g/mol. The zero-order valence-electron chi connectivity index (χ0n) is 9.66. The molecule has 0 heterocycles. The number of hydrogen-bond donors (Lipinski definition) is 0. The number of benzene rings is 2. The van der Waals surface area contributed by atoms with E-state index in [4.69, 9.17) is 4.74 Å². The van der Waals surface area contributed by atoms with E-state index >= 15 is 0 Å². The third kappa shape index (κ3) is 2.85. The Bertz CT molecular complexity index is 559. The predicted molar refractivity (Wildman–Crippen MR) is 82.9 cm³/mol. The Balaban J connectivity index is 2.37. The summed E-state index contributed by atoms with van der Waals surface area (Å²) < 4.78 is 19.7. The van der Waals surface area contributed by atoms with Gasteiger partial charge in [0.15, 0.2) is 11.6 Å². The Hall–Kier alpha value is -0.620. The Morgan fingerprint density at radius 2 is 1.94 bits per heavy atom. The van der Waals surface area contributed by atoms with Crippen molar-refractivity contribution >= 4 is 38.5 Å². The van der Waals surface area contributed by atoms with E-state index in [9.17, 15) is 4.39 Å². The lowest BCUT2D eigenvalue weighted by atomic mass is 10.0. The van der Waals surface area contributed by atoms with E-state index in [0.29, 0.717) is 0 Å².